The van der Waals surface area contributed by atoms with Crippen molar-refractivity contribution in [3.8, 4) is 5.75 Å². The largest absolute Gasteiger partial charge is 0.480 e. The molecule has 4 rings (SSSR count). The number of benzene rings is 3. The Morgan fingerprint density at radius 1 is 0.903 bits per heavy atom. The predicted molar refractivity (Wildman–Crippen MR) is 123 cm³/mol. The summed E-state index contributed by atoms with van der Waals surface area (Å²) in [4.78, 5) is 25.7. The summed E-state index contributed by atoms with van der Waals surface area (Å²) in [5, 5.41) is 8.00. The van der Waals surface area contributed by atoms with Crippen LogP contribution in [-0.4, -0.2) is 24.0 Å². The fourth-order valence-electron chi connectivity index (χ4n) is 4.08. The fourth-order valence-corrected chi connectivity index (χ4v) is 4.08. The van der Waals surface area contributed by atoms with Gasteiger partial charge in [-0.05, 0) is 43.4 Å². The Morgan fingerprint density at radius 2 is 1.61 bits per heavy atom. The number of ether oxygens (including phenoxy) is 1. The van der Waals surface area contributed by atoms with Gasteiger partial charge in [-0.25, -0.2) is 0 Å². The van der Waals surface area contributed by atoms with Crippen LogP contribution < -0.4 is 15.4 Å². The van der Waals surface area contributed by atoms with E-state index in [4.69, 9.17) is 4.74 Å². The zero-order valence-electron chi connectivity index (χ0n) is 17.8. The first-order chi connectivity index (χ1) is 15.1. The van der Waals surface area contributed by atoms with E-state index in [-0.39, 0.29) is 17.9 Å². The van der Waals surface area contributed by atoms with Crippen LogP contribution in [0.4, 0.5) is 5.69 Å². The van der Waals surface area contributed by atoms with Crippen LogP contribution in [0.25, 0.3) is 10.8 Å². The number of nitrogens with one attached hydrogen (secondary N) is 2. The van der Waals surface area contributed by atoms with Gasteiger partial charge in [-0.1, -0.05) is 67.8 Å². The molecule has 3 aromatic rings. The van der Waals surface area contributed by atoms with Gasteiger partial charge < -0.3 is 15.4 Å². The van der Waals surface area contributed by atoms with Crippen LogP contribution in [0, 0.1) is 0 Å². The van der Waals surface area contributed by atoms with Gasteiger partial charge in [0.05, 0.1) is 11.3 Å². The molecule has 0 aliphatic heterocycles. The van der Waals surface area contributed by atoms with Crippen LogP contribution in [0.1, 0.15) is 49.4 Å². The monoisotopic (exact) mass is 416 g/mol. The summed E-state index contributed by atoms with van der Waals surface area (Å²) >= 11 is 0. The van der Waals surface area contributed by atoms with Crippen molar-refractivity contribution in [2.45, 2.75) is 51.2 Å². The molecule has 0 saturated heterocycles. The van der Waals surface area contributed by atoms with Gasteiger partial charge in [-0.15, -0.1) is 0 Å². The van der Waals surface area contributed by atoms with Gasteiger partial charge >= 0.3 is 0 Å². The number of rotatable bonds is 6. The summed E-state index contributed by atoms with van der Waals surface area (Å²) < 4.78 is 5.97. The Morgan fingerprint density at radius 3 is 2.45 bits per heavy atom. The third-order valence-electron chi connectivity index (χ3n) is 5.79. The zero-order valence-corrected chi connectivity index (χ0v) is 17.8. The van der Waals surface area contributed by atoms with Crippen molar-refractivity contribution >= 4 is 28.3 Å². The number of carbonyl (C=O) groups excluding carboxylic acids is 2. The highest BCUT2D eigenvalue weighted by Gasteiger charge is 2.21. The molecule has 5 heteroatoms. The Labute approximate surface area is 182 Å². The molecule has 0 radical (unpaired) electrons. The van der Waals surface area contributed by atoms with E-state index in [1.165, 1.54) is 6.42 Å². The molecule has 0 heterocycles. The van der Waals surface area contributed by atoms with Gasteiger partial charge in [-0.2, -0.15) is 0 Å². The quantitative estimate of drug-likeness (QED) is 0.572. The van der Waals surface area contributed by atoms with E-state index in [0.29, 0.717) is 17.0 Å². The Balaban J connectivity index is 1.45. The third kappa shape index (κ3) is 5.05. The van der Waals surface area contributed by atoms with Crippen molar-refractivity contribution in [1.29, 1.82) is 0 Å². The second kappa shape index (κ2) is 9.65. The smallest absolute Gasteiger partial charge is 0.265 e. The highest BCUT2D eigenvalue weighted by atomic mass is 16.5. The molecule has 0 spiro atoms. The first-order valence-corrected chi connectivity index (χ1v) is 11.0. The van der Waals surface area contributed by atoms with Crippen LogP contribution in [0.15, 0.2) is 66.7 Å². The molecule has 1 unspecified atom stereocenters. The summed E-state index contributed by atoms with van der Waals surface area (Å²) in [6.45, 7) is 1.71. The van der Waals surface area contributed by atoms with Crippen molar-refractivity contribution in [1.82, 2.24) is 5.32 Å². The van der Waals surface area contributed by atoms with Crippen LogP contribution in [-0.2, 0) is 4.79 Å². The fraction of sp³-hybridized carbons (Fsp3) is 0.308. The number of anilines is 1. The number of fused-ring (bicyclic) bond motifs is 1. The lowest BCUT2D eigenvalue weighted by Gasteiger charge is -2.23. The maximum Gasteiger partial charge on any atom is 0.265 e. The maximum atomic E-state index is 12.8. The minimum atomic E-state index is -0.722. The highest BCUT2D eigenvalue weighted by Crippen LogP contribution is 2.26. The molecule has 0 bridgehead atoms. The van der Waals surface area contributed by atoms with Gasteiger partial charge in [0.25, 0.3) is 11.8 Å². The van der Waals surface area contributed by atoms with Crippen LogP contribution in [0.5, 0.6) is 5.75 Å². The van der Waals surface area contributed by atoms with Crippen LogP contribution >= 0.6 is 0 Å². The van der Waals surface area contributed by atoms with Crippen molar-refractivity contribution in [3.05, 3.63) is 72.3 Å². The van der Waals surface area contributed by atoms with Gasteiger partial charge in [0.15, 0.2) is 6.10 Å². The van der Waals surface area contributed by atoms with E-state index >= 15 is 0 Å². The van der Waals surface area contributed by atoms with Crippen molar-refractivity contribution in [3.63, 3.8) is 0 Å². The number of hydrogen-bond donors (Lipinski definition) is 2. The van der Waals surface area contributed by atoms with Crippen molar-refractivity contribution in [2.75, 3.05) is 5.32 Å². The molecular formula is C26H28N2O3. The molecule has 31 heavy (non-hydrogen) atoms. The zero-order chi connectivity index (χ0) is 21.6. The van der Waals surface area contributed by atoms with Crippen LogP contribution in [0.2, 0.25) is 0 Å². The van der Waals surface area contributed by atoms with E-state index in [2.05, 4.69) is 10.6 Å². The third-order valence-corrected chi connectivity index (χ3v) is 5.79. The summed E-state index contributed by atoms with van der Waals surface area (Å²) in [6, 6.07) is 21.0. The predicted octanol–water partition coefficient (Wildman–Crippen LogP) is 5.31. The SMILES string of the molecule is CC(Oc1cccc2ccccc12)C(=O)Nc1ccccc1C(=O)NC1CCCCC1. The lowest BCUT2D eigenvalue weighted by Crippen LogP contribution is -2.37. The summed E-state index contributed by atoms with van der Waals surface area (Å²) in [7, 11) is 0. The maximum absolute atomic E-state index is 12.8. The van der Waals surface area contributed by atoms with E-state index < -0.39 is 6.10 Å². The molecule has 5 nitrogen and oxygen atoms in total. The van der Waals surface area contributed by atoms with Gasteiger partial charge in [-0.3, -0.25) is 9.59 Å². The number of amides is 2. The minimum absolute atomic E-state index is 0.148. The first-order valence-electron chi connectivity index (χ1n) is 11.0. The molecule has 2 amide bonds. The molecule has 3 aromatic carbocycles. The lowest BCUT2D eigenvalue weighted by molar-refractivity contribution is -0.122. The Hall–Kier alpha value is -3.34. The summed E-state index contributed by atoms with van der Waals surface area (Å²) in [5.41, 5.74) is 0.966. The van der Waals surface area contributed by atoms with Gasteiger partial charge in [0.2, 0.25) is 0 Å². The number of para-hydroxylation sites is 1. The standard InChI is InChI=1S/C26H28N2O3/c1-18(31-24-17-9-11-19-10-5-6-14-21(19)24)25(29)28-23-16-8-7-15-22(23)26(30)27-20-12-3-2-4-13-20/h5-11,14-18,20H,2-4,12-13H2,1H3,(H,27,30)(H,28,29). The van der Waals surface area contributed by atoms with Gasteiger partial charge in [0.1, 0.15) is 5.75 Å². The Kier molecular flexibility index (Phi) is 6.51. The minimum Gasteiger partial charge on any atom is -0.480 e. The van der Waals surface area contributed by atoms with Crippen molar-refractivity contribution < 1.29 is 14.3 Å². The molecule has 1 aliphatic carbocycles. The van der Waals surface area contributed by atoms with E-state index in [0.717, 1.165) is 36.5 Å². The molecule has 1 saturated carbocycles. The summed E-state index contributed by atoms with van der Waals surface area (Å²) in [6.07, 6.45) is 4.82. The molecule has 1 fully saturated rings. The molecular weight excluding hydrogens is 388 g/mol. The van der Waals surface area contributed by atoms with Crippen LogP contribution in [0.3, 0.4) is 0 Å². The second-order valence-corrected chi connectivity index (χ2v) is 8.08. The van der Waals surface area contributed by atoms with Crippen molar-refractivity contribution in [2.24, 2.45) is 0 Å². The number of carbonyl (C=O) groups is 2. The molecule has 1 aliphatic rings. The molecule has 160 valence electrons. The normalized spacial score (nSPS) is 15.3. The average Bonchev–Trinajstić information content (AvgIpc) is 2.80. The second-order valence-electron chi connectivity index (χ2n) is 8.08. The number of hydrogen-bond acceptors (Lipinski definition) is 3. The highest BCUT2D eigenvalue weighted by molar-refractivity contribution is 6.04. The topological polar surface area (TPSA) is 67.4 Å². The molecule has 0 aromatic heterocycles. The van der Waals surface area contributed by atoms with E-state index in [1.54, 1.807) is 19.1 Å². The van der Waals surface area contributed by atoms with E-state index in [9.17, 15) is 9.59 Å². The van der Waals surface area contributed by atoms with E-state index in [1.807, 2.05) is 54.6 Å². The Bertz CT molecular complexity index is 1070. The average molecular weight is 417 g/mol. The van der Waals surface area contributed by atoms with Gasteiger partial charge in [0, 0.05) is 11.4 Å². The first kappa shape index (κ1) is 20.9. The molecule has 1 atom stereocenters. The molecule has 2 N–H and O–H groups in total. The lowest BCUT2D eigenvalue weighted by atomic mass is 9.95. The summed E-state index contributed by atoms with van der Waals surface area (Å²) in [5.74, 6) is 0.209.